The van der Waals surface area contributed by atoms with Crippen LogP contribution in [0.15, 0.2) is 35.7 Å². The molecule has 1 N–H and O–H groups in total. The molecule has 1 unspecified atom stereocenters. The van der Waals surface area contributed by atoms with Gasteiger partial charge in [-0.3, -0.25) is 10.1 Å². The highest BCUT2D eigenvalue weighted by molar-refractivity contribution is 7.13. The van der Waals surface area contributed by atoms with Crippen LogP contribution in [0.25, 0.3) is 0 Å². The minimum atomic E-state index is -0.350. The fraction of sp³-hybridized carbons (Fsp3) is 0.286. The molecule has 0 aliphatic carbocycles. The number of rotatable bonds is 5. The molecule has 0 aliphatic heterocycles. The summed E-state index contributed by atoms with van der Waals surface area (Å²) in [5.41, 5.74) is 3.41. The van der Waals surface area contributed by atoms with Gasteiger partial charge in [0.2, 0.25) is 0 Å². The van der Waals surface area contributed by atoms with E-state index in [4.69, 9.17) is 0 Å². The van der Waals surface area contributed by atoms with Crippen LogP contribution in [-0.2, 0) is 6.54 Å². The Labute approximate surface area is 116 Å². The average Bonchev–Trinajstić information content (AvgIpc) is 2.86. The second-order valence-corrected chi connectivity index (χ2v) is 5.45. The van der Waals surface area contributed by atoms with Crippen LogP contribution in [0, 0.1) is 17.0 Å². The van der Waals surface area contributed by atoms with Crippen LogP contribution in [0.1, 0.15) is 29.7 Å². The van der Waals surface area contributed by atoms with Gasteiger partial charge in [0.1, 0.15) is 0 Å². The minimum Gasteiger partial charge on any atom is -0.306 e. The molecule has 0 saturated carbocycles. The van der Waals surface area contributed by atoms with E-state index in [0.717, 1.165) is 5.56 Å². The van der Waals surface area contributed by atoms with Gasteiger partial charge in [-0.25, -0.2) is 0 Å². The number of benzene rings is 1. The van der Waals surface area contributed by atoms with Gasteiger partial charge < -0.3 is 5.32 Å². The molecule has 100 valence electrons. The lowest BCUT2D eigenvalue weighted by Crippen LogP contribution is -2.17. The molecule has 0 fully saturated rings. The van der Waals surface area contributed by atoms with Crippen molar-refractivity contribution in [2.24, 2.45) is 0 Å². The third kappa shape index (κ3) is 3.62. The van der Waals surface area contributed by atoms with Crippen molar-refractivity contribution >= 4 is 16.3 Å². The SMILES string of the molecule is Cc1ccc(C(C)NCc2csc([N+](=O)[O-])c2)cc1. The summed E-state index contributed by atoms with van der Waals surface area (Å²) >= 11 is 1.17. The van der Waals surface area contributed by atoms with E-state index in [2.05, 4.69) is 43.4 Å². The van der Waals surface area contributed by atoms with Crippen molar-refractivity contribution in [3.63, 3.8) is 0 Å². The van der Waals surface area contributed by atoms with Crippen molar-refractivity contribution in [2.45, 2.75) is 26.4 Å². The fourth-order valence-corrected chi connectivity index (χ4v) is 2.52. The Balaban J connectivity index is 1.94. The number of hydrogen-bond donors (Lipinski definition) is 1. The maximum atomic E-state index is 10.6. The summed E-state index contributed by atoms with van der Waals surface area (Å²) in [4.78, 5) is 10.3. The van der Waals surface area contributed by atoms with Crippen LogP contribution in [0.4, 0.5) is 5.00 Å². The number of thiophene rings is 1. The van der Waals surface area contributed by atoms with Crippen LogP contribution >= 0.6 is 11.3 Å². The standard InChI is InChI=1S/C14H16N2O2S/c1-10-3-5-13(6-4-10)11(2)15-8-12-7-14(16(17)18)19-9-12/h3-7,9,11,15H,8H2,1-2H3. The average molecular weight is 276 g/mol. The van der Waals surface area contributed by atoms with Gasteiger partial charge in [0.15, 0.2) is 0 Å². The normalized spacial score (nSPS) is 12.3. The van der Waals surface area contributed by atoms with E-state index in [1.165, 1.54) is 22.5 Å². The first-order valence-corrected chi connectivity index (χ1v) is 6.96. The molecule has 2 rings (SSSR count). The highest BCUT2D eigenvalue weighted by atomic mass is 32.1. The second kappa shape index (κ2) is 5.95. The third-order valence-corrected chi connectivity index (χ3v) is 3.94. The topological polar surface area (TPSA) is 55.2 Å². The predicted molar refractivity (Wildman–Crippen MR) is 77.4 cm³/mol. The molecule has 0 saturated heterocycles. The van der Waals surface area contributed by atoms with E-state index in [-0.39, 0.29) is 16.0 Å². The van der Waals surface area contributed by atoms with Crippen molar-refractivity contribution in [1.29, 1.82) is 0 Å². The summed E-state index contributed by atoms with van der Waals surface area (Å²) in [6, 6.07) is 10.2. The van der Waals surface area contributed by atoms with Gasteiger partial charge in [0, 0.05) is 24.0 Å². The highest BCUT2D eigenvalue weighted by Gasteiger charge is 2.10. The zero-order valence-electron chi connectivity index (χ0n) is 10.9. The van der Waals surface area contributed by atoms with Gasteiger partial charge in [-0.1, -0.05) is 41.2 Å². The molecule has 1 aromatic carbocycles. The van der Waals surface area contributed by atoms with E-state index in [1.807, 2.05) is 5.38 Å². The molecule has 5 heteroatoms. The third-order valence-electron chi connectivity index (χ3n) is 3.01. The lowest BCUT2D eigenvalue weighted by molar-refractivity contribution is -0.380. The largest absolute Gasteiger partial charge is 0.324 e. The second-order valence-electron chi connectivity index (χ2n) is 4.56. The number of nitro groups is 1. The summed E-state index contributed by atoms with van der Waals surface area (Å²) < 4.78 is 0. The molecular formula is C14H16N2O2S. The molecule has 4 nitrogen and oxygen atoms in total. The van der Waals surface area contributed by atoms with Crippen LogP contribution in [0.3, 0.4) is 0 Å². The number of aryl methyl sites for hydroxylation is 1. The number of hydrogen-bond acceptors (Lipinski definition) is 4. The molecule has 1 aromatic heterocycles. The maximum absolute atomic E-state index is 10.6. The van der Waals surface area contributed by atoms with Crippen LogP contribution in [0.5, 0.6) is 0 Å². The Morgan fingerprint density at radius 1 is 1.37 bits per heavy atom. The molecular weight excluding hydrogens is 260 g/mol. The molecule has 2 aromatic rings. The van der Waals surface area contributed by atoms with Gasteiger partial charge in [-0.2, -0.15) is 0 Å². The summed E-state index contributed by atoms with van der Waals surface area (Å²) in [5, 5.41) is 16.0. The van der Waals surface area contributed by atoms with E-state index >= 15 is 0 Å². The summed E-state index contributed by atoms with van der Waals surface area (Å²) in [5.74, 6) is 0. The lowest BCUT2D eigenvalue weighted by atomic mass is 10.1. The van der Waals surface area contributed by atoms with Gasteiger partial charge in [-0.05, 0) is 25.0 Å². The van der Waals surface area contributed by atoms with E-state index in [9.17, 15) is 10.1 Å². The molecule has 0 bridgehead atoms. The Morgan fingerprint density at radius 3 is 2.63 bits per heavy atom. The predicted octanol–water partition coefficient (Wildman–Crippen LogP) is 3.82. The molecule has 1 heterocycles. The monoisotopic (exact) mass is 276 g/mol. The van der Waals surface area contributed by atoms with Crippen molar-refractivity contribution in [3.05, 3.63) is 62.5 Å². The Hall–Kier alpha value is -1.72. The first kappa shape index (κ1) is 13.7. The first-order valence-electron chi connectivity index (χ1n) is 6.08. The highest BCUT2D eigenvalue weighted by Crippen LogP contribution is 2.23. The summed E-state index contributed by atoms with van der Waals surface area (Å²) in [6.07, 6.45) is 0. The van der Waals surface area contributed by atoms with Crippen LogP contribution in [-0.4, -0.2) is 4.92 Å². The van der Waals surface area contributed by atoms with Crippen molar-refractivity contribution in [1.82, 2.24) is 5.32 Å². The van der Waals surface area contributed by atoms with E-state index in [0.29, 0.717) is 6.54 Å². The quantitative estimate of drug-likeness (QED) is 0.667. The van der Waals surface area contributed by atoms with Gasteiger partial charge in [0.25, 0.3) is 0 Å². The van der Waals surface area contributed by atoms with Crippen molar-refractivity contribution < 1.29 is 4.92 Å². The zero-order valence-corrected chi connectivity index (χ0v) is 11.7. The molecule has 0 radical (unpaired) electrons. The first-order chi connectivity index (χ1) is 9.06. The Kier molecular flexibility index (Phi) is 4.29. The van der Waals surface area contributed by atoms with Gasteiger partial charge >= 0.3 is 5.00 Å². The van der Waals surface area contributed by atoms with Crippen molar-refractivity contribution in [2.75, 3.05) is 0 Å². The number of nitrogens with one attached hydrogen (secondary N) is 1. The molecule has 0 amide bonds. The van der Waals surface area contributed by atoms with Crippen LogP contribution in [0.2, 0.25) is 0 Å². The molecule has 19 heavy (non-hydrogen) atoms. The van der Waals surface area contributed by atoms with Crippen molar-refractivity contribution in [3.8, 4) is 0 Å². The minimum absolute atomic E-state index is 0.194. The number of nitrogens with zero attached hydrogens (tertiary/aromatic N) is 1. The van der Waals surface area contributed by atoms with Crippen LogP contribution < -0.4 is 5.32 Å². The Bertz CT molecular complexity index is 563. The lowest BCUT2D eigenvalue weighted by Gasteiger charge is -2.13. The summed E-state index contributed by atoms with van der Waals surface area (Å²) in [6.45, 7) is 4.79. The maximum Gasteiger partial charge on any atom is 0.324 e. The van der Waals surface area contributed by atoms with E-state index < -0.39 is 0 Å². The fourth-order valence-electron chi connectivity index (χ4n) is 1.80. The molecule has 0 spiro atoms. The molecule has 0 aliphatic rings. The zero-order chi connectivity index (χ0) is 13.8. The van der Waals surface area contributed by atoms with Gasteiger partial charge in [-0.15, -0.1) is 0 Å². The smallest absolute Gasteiger partial charge is 0.306 e. The van der Waals surface area contributed by atoms with Gasteiger partial charge in [0.05, 0.1) is 4.92 Å². The summed E-state index contributed by atoms with van der Waals surface area (Å²) in [7, 11) is 0. The molecule has 1 atom stereocenters. The van der Waals surface area contributed by atoms with E-state index in [1.54, 1.807) is 6.07 Å². The Morgan fingerprint density at radius 2 is 2.05 bits per heavy atom.